The Kier molecular flexibility index (Phi) is 1.75. The Labute approximate surface area is 79.7 Å². The van der Waals surface area contributed by atoms with E-state index in [9.17, 15) is 0 Å². The summed E-state index contributed by atoms with van der Waals surface area (Å²) >= 11 is 11.7. The Morgan fingerprint density at radius 2 is 1.92 bits per heavy atom. The van der Waals surface area contributed by atoms with Crippen molar-refractivity contribution >= 4 is 23.2 Å². The van der Waals surface area contributed by atoms with Crippen molar-refractivity contribution in [2.45, 2.75) is 12.5 Å². The summed E-state index contributed by atoms with van der Waals surface area (Å²) in [7, 11) is 0. The SMILES string of the molecule is CC1(c2c(Cl)ncnc2Cl)CO1. The summed E-state index contributed by atoms with van der Waals surface area (Å²) < 4.78 is 5.19. The lowest BCUT2D eigenvalue weighted by molar-refractivity contribution is 0.328. The maximum absolute atomic E-state index is 5.84. The van der Waals surface area contributed by atoms with Gasteiger partial charge in [-0.3, -0.25) is 0 Å². The normalized spacial score (nSPS) is 27.2. The van der Waals surface area contributed by atoms with E-state index in [1.54, 1.807) is 0 Å². The van der Waals surface area contributed by atoms with Gasteiger partial charge in [0.2, 0.25) is 0 Å². The maximum Gasteiger partial charge on any atom is 0.140 e. The largest absolute Gasteiger partial charge is 0.365 e. The molecule has 0 aliphatic carbocycles. The summed E-state index contributed by atoms with van der Waals surface area (Å²) in [5, 5.41) is 0.741. The van der Waals surface area contributed by atoms with Crippen LogP contribution in [0.3, 0.4) is 0 Å². The molecule has 2 heterocycles. The number of halogens is 2. The Bertz CT molecular complexity index is 305. The molecule has 1 saturated heterocycles. The molecule has 3 nitrogen and oxygen atoms in total. The average molecular weight is 205 g/mol. The minimum absolute atomic E-state index is 0.366. The highest BCUT2D eigenvalue weighted by Crippen LogP contribution is 2.43. The molecule has 0 N–H and O–H groups in total. The summed E-state index contributed by atoms with van der Waals surface area (Å²) in [5.41, 5.74) is 0.323. The van der Waals surface area contributed by atoms with Gasteiger partial charge < -0.3 is 4.74 Å². The van der Waals surface area contributed by atoms with E-state index in [1.165, 1.54) is 6.33 Å². The molecular formula is C7H6Cl2N2O. The second-order valence-corrected chi connectivity index (χ2v) is 3.57. The minimum atomic E-state index is -0.366. The summed E-state index contributed by atoms with van der Waals surface area (Å²) in [6.45, 7) is 2.53. The van der Waals surface area contributed by atoms with Gasteiger partial charge in [0.1, 0.15) is 22.2 Å². The lowest BCUT2D eigenvalue weighted by Gasteiger charge is -2.07. The monoisotopic (exact) mass is 204 g/mol. The first-order chi connectivity index (χ1) is 5.63. The van der Waals surface area contributed by atoms with Gasteiger partial charge in [0.15, 0.2) is 0 Å². The predicted octanol–water partition coefficient (Wildman–Crippen LogP) is 2.03. The number of nitrogens with zero attached hydrogens (tertiary/aromatic N) is 2. The number of rotatable bonds is 1. The molecule has 0 amide bonds. The summed E-state index contributed by atoms with van der Waals surface area (Å²) in [4.78, 5) is 7.67. The van der Waals surface area contributed by atoms with Crippen LogP contribution in [-0.2, 0) is 10.3 Å². The van der Waals surface area contributed by atoms with Gasteiger partial charge in [-0.1, -0.05) is 23.2 Å². The van der Waals surface area contributed by atoms with Crippen LogP contribution in [0.4, 0.5) is 0 Å². The molecule has 1 atom stereocenters. The van der Waals surface area contributed by atoms with Gasteiger partial charge in [0.05, 0.1) is 12.2 Å². The highest BCUT2D eigenvalue weighted by atomic mass is 35.5. The zero-order valence-electron chi connectivity index (χ0n) is 6.34. The Morgan fingerprint density at radius 3 is 2.33 bits per heavy atom. The molecule has 0 saturated carbocycles. The number of hydrogen-bond acceptors (Lipinski definition) is 3. The quantitative estimate of drug-likeness (QED) is 0.520. The maximum atomic E-state index is 5.84. The van der Waals surface area contributed by atoms with Crippen molar-refractivity contribution in [3.63, 3.8) is 0 Å². The predicted molar refractivity (Wildman–Crippen MR) is 45.4 cm³/mol. The lowest BCUT2D eigenvalue weighted by atomic mass is 10.1. The lowest BCUT2D eigenvalue weighted by Crippen LogP contribution is -2.06. The molecule has 1 aromatic heterocycles. The first-order valence-electron chi connectivity index (χ1n) is 3.44. The number of aromatic nitrogens is 2. The van der Waals surface area contributed by atoms with Crippen molar-refractivity contribution in [2.24, 2.45) is 0 Å². The smallest absolute Gasteiger partial charge is 0.140 e. The fourth-order valence-corrected chi connectivity index (χ4v) is 1.75. The molecule has 2 rings (SSSR count). The number of hydrogen-bond donors (Lipinski definition) is 0. The van der Waals surface area contributed by atoms with E-state index in [0.717, 1.165) is 0 Å². The Morgan fingerprint density at radius 1 is 1.42 bits per heavy atom. The fraction of sp³-hybridized carbons (Fsp3) is 0.429. The zero-order valence-corrected chi connectivity index (χ0v) is 7.85. The van der Waals surface area contributed by atoms with Crippen LogP contribution in [0.25, 0.3) is 0 Å². The van der Waals surface area contributed by atoms with Crippen LogP contribution >= 0.6 is 23.2 Å². The molecule has 0 aromatic carbocycles. The van der Waals surface area contributed by atoms with Crippen LogP contribution in [0.15, 0.2) is 6.33 Å². The molecule has 0 spiro atoms. The Hall–Kier alpha value is -0.380. The van der Waals surface area contributed by atoms with Gasteiger partial charge in [-0.15, -0.1) is 0 Å². The summed E-state index contributed by atoms with van der Waals surface area (Å²) in [6.07, 6.45) is 1.33. The molecule has 12 heavy (non-hydrogen) atoms. The second-order valence-electron chi connectivity index (χ2n) is 2.85. The van der Waals surface area contributed by atoms with E-state index >= 15 is 0 Å². The van der Waals surface area contributed by atoms with E-state index in [2.05, 4.69) is 9.97 Å². The van der Waals surface area contributed by atoms with E-state index in [0.29, 0.717) is 22.5 Å². The molecule has 0 bridgehead atoms. The molecule has 1 aromatic rings. The molecule has 0 radical (unpaired) electrons. The van der Waals surface area contributed by atoms with Gasteiger partial charge >= 0.3 is 0 Å². The standard InChI is InChI=1S/C7H6Cl2N2O/c1-7(2-12-7)4-5(8)10-3-11-6(4)9/h3H,2H2,1H3. The molecule has 1 aliphatic heterocycles. The third-order valence-electron chi connectivity index (χ3n) is 1.86. The van der Waals surface area contributed by atoms with Crippen molar-refractivity contribution in [3.05, 3.63) is 22.2 Å². The van der Waals surface area contributed by atoms with Gasteiger partial charge in [-0.25, -0.2) is 9.97 Å². The van der Waals surface area contributed by atoms with E-state index in [4.69, 9.17) is 27.9 Å². The second kappa shape index (κ2) is 2.55. The fourth-order valence-electron chi connectivity index (χ4n) is 1.03. The third-order valence-corrected chi connectivity index (χ3v) is 2.43. The van der Waals surface area contributed by atoms with Crippen LogP contribution in [0.2, 0.25) is 10.3 Å². The Balaban J connectivity index is 2.55. The molecule has 1 unspecified atom stereocenters. The van der Waals surface area contributed by atoms with Crippen molar-refractivity contribution < 1.29 is 4.74 Å². The van der Waals surface area contributed by atoms with Gasteiger partial charge in [0.25, 0.3) is 0 Å². The van der Waals surface area contributed by atoms with Crippen molar-refractivity contribution in [2.75, 3.05) is 6.61 Å². The first kappa shape index (κ1) is 8.23. The van der Waals surface area contributed by atoms with Gasteiger partial charge in [0, 0.05) is 0 Å². The van der Waals surface area contributed by atoms with Crippen LogP contribution in [-0.4, -0.2) is 16.6 Å². The van der Waals surface area contributed by atoms with E-state index in [1.807, 2.05) is 6.92 Å². The highest BCUT2D eigenvalue weighted by molar-refractivity contribution is 6.34. The van der Waals surface area contributed by atoms with Gasteiger partial charge in [-0.05, 0) is 6.92 Å². The van der Waals surface area contributed by atoms with Crippen molar-refractivity contribution in [1.29, 1.82) is 0 Å². The summed E-state index contributed by atoms with van der Waals surface area (Å²) in [5.74, 6) is 0. The minimum Gasteiger partial charge on any atom is -0.365 e. The summed E-state index contributed by atoms with van der Waals surface area (Å²) in [6, 6.07) is 0. The molecule has 1 fully saturated rings. The van der Waals surface area contributed by atoms with Crippen LogP contribution in [0, 0.1) is 0 Å². The van der Waals surface area contributed by atoms with Crippen LogP contribution in [0.5, 0.6) is 0 Å². The molecule has 1 aliphatic rings. The van der Waals surface area contributed by atoms with Crippen LogP contribution < -0.4 is 0 Å². The zero-order chi connectivity index (χ0) is 8.77. The van der Waals surface area contributed by atoms with Crippen LogP contribution in [0.1, 0.15) is 12.5 Å². The average Bonchev–Trinajstić information content (AvgIpc) is 2.68. The van der Waals surface area contributed by atoms with Gasteiger partial charge in [-0.2, -0.15) is 0 Å². The highest BCUT2D eigenvalue weighted by Gasteiger charge is 2.45. The first-order valence-corrected chi connectivity index (χ1v) is 4.19. The molecule has 64 valence electrons. The number of ether oxygens (including phenoxy) is 1. The topological polar surface area (TPSA) is 38.3 Å². The van der Waals surface area contributed by atoms with Crippen molar-refractivity contribution in [3.8, 4) is 0 Å². The van der Waals surface area contributed by atoms with E-state index < -0.39 is 0 Å². The third kappa shape index (κ3) is 1.18. The van der Waals surface area contributed by atoms with E-state index in [-0.39, 0.29) is 5.60 Å². The molecular weight excluding hydrogens is 199 g/mol. The number of epoxide rings is 1. The van der Waals surface area contributed by atoms with Crippen molar-refractivity contribution in [1.82, 2.24) is 9.97 Å². The molecule has 5 heteroatoms.